The Labute approximate surface area is 144 Å². The number of hydrogen-bond donors (Lipinski definition) is 0. The Hall–Kier alpha value is -1.53. The maximum atomic E-state index is 11.6. The van der Waals surface area contributed by atoms with Crippen LogP contribution in [0.25, 0.3) is 11.0 Å². The van der Waals surface area contributed by atoms with Crippen LogP contribution in [0.15, 0.2) is 23.4 Å². The monoisotopic (exact) mass is 351 g/mol. The highest BCUT2D eigenvalue weighted by molar-refractivity contribution is 7.99. The number of likely N-dealkylation sites (tertiary alicyclic amines) is 1. The number of hydrogen-bond acceptors (Lipinski definition) is 4. The van der Waals surface area contributed by atoms with E-state index >= 15 is 0 Å². The molecule has 0 saturated carbocycles. The second kappa shape index (κ2) is 6.93. The molecule has 7 heteroatoms. The van der Waals surface area contributed by atoms with Gasteiger partial charge in [-0.25, -0.2) is 4.98 Å². The minimum Gasteiger partial charge on any atom is -0.319 e. The minimum atomic E-state index is -0.0653. The van der Waals surface area contributed by atoms with Crippen molar-refractivity contribution >= 4 is 46.2 Å². The van der Waals surface area contributed by atoms with Crippen molar-refractivity contribution < 1.29 is 9.59 Å². The van der Waals surface area contributed by atoms with Crippen LogP contribution in [-0.2, 0) is 16.1 Å². The highest BCUT2D eigenvalue weighted by atomic mass is 35.5. The highest BCUT2D eigenvalue weighted by Crippen LogP contribution is 2.27. The maximum absolute atomic E-state index is 11.6. The first-order valence-electron chi connectivity index (χ1n) is 7.72. The molecule has 1 aromatic carbocycles. The Morgan fingerprint density at radius 3 is 2.65 bits per heavy atom. The summed E-state index contributed by atoms with van der Waals surface area (Å²) in [5.74, 6) is 0.520. The second-order valence-corrected chi connectivity index (χ2v) is 6.97. The van der Waals surface area contributed by atoms with Gasteiger partial charge in [0.2, 0.25) is 11.8 Å². The molecule has 0 atom stereocenters. The van der Waals surface area contributed by atoms with E-state index in [9.17, 15) is 9.59 Å². The number of halogens is 1. The third-order valence-corrected chi connectivity index (χ3v) is 5.02. The van der Waals surface area contributed by atoms with E-state index in [0.717, 1.165) is 29.2 Å². The predicted molar refractivity (Wildman–Crippen MR) is 91.7 cm³/mol. The molecule has 0 bridgehead atoms. The number of amides is 2. The SMILES string of the molecule is CCCn1c(SCCN2C(=O)CCC2=O)nc2cc(Cl)ccc21. The van der Waals surface area contributed by atoms with E-state index < -0.39 is 0 Å². The van der Waals surface area contributed by atoms with E-state index in [1.54, 1.807) is 11.8 Å². The molecule has 2 heterocycles. The normalized spacial score (nSPS) is 15.1. The van der Waals surface area contributed by atoms with Crippen LogP contribution in [0.1, 0.15) is 26.2 Å². The van der Waals surface area contributed by atoms with Crippen molar-refractivity contribution in [2.24, 2.45) is 0 Å². The summed E-state index contributed by atoms with van der Waals surface area (Å²) >= 11 is 7.61. The summed E-state index contributed by atoms with van der Waals surface area (Å²) in [6.45, 7) is 3.44. The Morgan fingerprint density at radius 1 is 1.22 bits per heavy atom. The topological polar surface area (TPSA) is 55.2 Å². The largest absolute Gasteiger partial charge is 0.319 e. The molecule has 0 unspecified atom stereocenters. The van der Waals surface area contributed by atoms with Gasteiger partial charge in [0.05, 0.1) is 11.0 Å². The molecule has 23 heavy (non-hydrogen) atoms. The zero-order chi connectivity index (χ0) is 16.4. The lowest BCUT2D eigenvalue weighted by molar-refractivity contribution is -0.137. The van der Waals surface area contributed by atoms with Gasteiger partial charge in [-0.3, -0.25) is 14.5 Å². The van der Waals surface area contributed by atoms with Crippen molar-refractivity contribution in [3.8, 4) is 0 Å². The molecular weight excluding hydrogens is 334 g/mol. The van der Waals surface area contributed by atoms with Crippen molar-refractivity contribution in [3.05, 3.63) is 23.2 Å². The lowest BCUT2D eigenvalue weighted by atomic mass is 10.3. The maximum Gasteiger partial charge on any atom is 0.229 e. The highest BCUT2D eigenvalue weighted by Gasteiger charge is 2.28. The number of benzene rings is 1. The summed E-state index contributed by atoms with van der Waals surface area (Å²) in [6, 6.07) is 5.71. The van der Waals surface area contributed by atoms with Gasteiger partial charge in [-0.1, -0.05) is 30.3 Å². The fourth-order valence-electron chi connectivity index (χ4n) is 2.73. The van der Waals surface area contributed by atoms with Crippen molar-refractivity contribution in [1.82, 2.24) is 14.5 Å². The number of aryl methyl sites for hydroxylation is 1. The zero-order valence-corrected chi connectivity index (χ0v) is 14.5. The molecular formula is C16H18ClN3O2S. The molecule has 1 saturated heterocycles. The number of carbonyl (C=O) groups is 2. The molecule has 0 aliphatic carbocycles. The Kier molecular flexibility index (Phi) is 4.92. The number of imide groups is 1. The first kappa shape index (κ1) is 16.3. The summed E-state index contributed by atoms with van der Waals surface area (Å²) in [4.78, 5) is 29.3. The predicted octanol–water partition coefficient (Wildman–Crippen LogP) is 3.34. The van der Waals surface area contributed by atoms with Crippen molar-refractivity contribution in [2.75, 3.05) is 12.3 Å². The van der Waals surface area contributed by atoms with Crippen LogP contribution in [0, 0.1) is 0 Å². The number of imidazole rings is 1. The molecule has 1 aromatic heterocycles. The number of rotatable bonds is 6. The standard InChI is InChI=1S/C16H18ClN3O2S/c1-2-7-19-13-4-3-11(17)10-12(13)18-16(19)23-9-8-20-14(21)5-6-15(20)22/h3-4,10H,2,5-9H2,1H3. The van der Waals surface area contributed by atoms with E-state index in [2.05, 4.69) is 16.5 Å². The van der Waals surface area contributed by atoms with Crippen LogP contribution in [-0.4, -0.2) is 38.6 Å². The van der Waals surface area contributed by atoms with Gasteiger partial charge in [-0.15, -0.1) is 0 Å². The fourth-order valence-corrected chi connectivity index (χ4v) is 3.86. The smallest absolute Gasteiger partial charge is 0.229 e. The number of carbonyl (C=O) groups excluding carboxylic acids is 2. The van der Waals surface area contributed by atoms with Gasteiger partial charge in [0, 0.05) is 36.7 Å². The van der Waals surface area contributed by atoms with E-state index in [4.69, 9.17) is 11.6 Å². The van der Waals surface area contributed by atoms with Crippen molar-refractivity contribution in [2.45, 2.75) is 37.9 Å². The summed E-state index contributed by atoms with van der Waals surface area (Å²) in [5, 5.41) is 1.58. The number of nitrogens with zero attached hydrogens (tertiary/aromatic N) is 3. The number of thioether (sulfide) groups is 1. The lowest BCUT2D eigenvalue weighted by Crippen LogP contribution is -2.31. The number of aromatic nitrogens is 2. The van der Waals surface area contributed by atoms with Crippen LogP contribution < -0.4 is 0 Å². The van der Waals surface area contributed by atoms with Gasteiger partial charge in [0.15, 0.2) is 5.16 Å². The Morgan fingerprint density at radius 2 is 1.96 bits per heavy atom. The Bertz CT molecular complexity index is 743. The van der Waals surface area contributed by atoms with Crippen LogP contribution in [0.2, 0.25) is 5.02 Å². The molecule has 122 valence electrons. The molecule has 1 aliphatic heterocycles. The molecule has 0 spiro atoms. The van der Waals surface area contributed by atoms with Crippen LogP contribution >= 0.6 is 23.4 Å². The summed E-state index contributed by atoms with van der Waals surface area (Å²) < 4.78 is 2.17. The van der Waals surface area contributed by atoms with Gasteiger partial charge in [0.25, 0.3) is 0 Å². The average molecular weight is 352 g/mol. The molecule has 1 fully saturated rings. The summed E-state index contributed by atoms with van der Waals surface area (Å²) in [6.07, 6.45) is 1.69. The van der Waals surface area contributed by atoms with Gasteiger partial charge in [-0.05, 0) is 24.6 Å². The molecule has 5 nitrogen and oxygen atoms in total. The van der Waals surface area contributed by atoms with Crippen LogP contribution in [0.4, 0.5) is 0 Å². The minimum absolute atomic E-state index is 0.0653. The van der Waals surface area contributed by atoms with Gasteiger partial charge in [0.1, 0.15) is 0 Å². The lowest BCUT2D eigenvalue weighted by Gasteiger charge is -2.13. The van der Waals surface area contributed by atoms with Crippen LogP contribution in [0.3, 0.4) is 0 Å². The van der Waals surface area contributed by atoms with Crippen LogP contribution in [0.5, 0.6) is 0 Å². The fraction of sp³-hybridized carbons (Fsp3) is 0.438. The van der Waals surface area contributed by atoms with Crippen molar-refractivity contribution in [1.29, 1.82) is 0 Å². The number of fused-ring (bicyclic) bond motifs is 1. The molecule has 3 rings (SSSR count). The average Bonchev–Trinajstić information content (AvgIpc) is 3.02. The summed E-state index contributed by atoms with van der Waals surface area (Å²) in [7, 11) is 0. The van der Waals surface area contributed by atoms with E-state index in [0.29, 0.717) is 30.2 Å². The van der Waals surface area contributed by atoms with E-state index in [1.807, 2.05) is 18.2 Å². The van der Waals surface area contributed by atoms with Gasteiger partial charge in [-0.2, -0.15) is 0 Å². The van der Waals surface area contributed by atoms with Crippen molar-refractivity contribution in [3.63, 3.8) is 0 Å². The molecule has 0 N–H and O–H groups in total. The zero-order valence-electron chi connectivity index (χ0n) is 12.9. The van der Waals surface area contributed by atoms with E-state index in [1.165, 1.54) is 4.90 Å². The summed E-state index contributed by atoms with van der Waals surface area (Å²) in [5.41, 5.74) is 1.94. The quantitative estimate of drug-likeness (QED) is 0.591. The molecule has 0 radical (unpaired) electrons. The second-order valence-electron chi connectivity index (χ2n) is 5.47. The first-order chi connectivity index (χ1) is 11.1. The first-order valence-corrected chi connectivity index (χ1v) is 9.08. The third-order valence-electron chi connectivity index (χ3n) is 3.82. The Balaban J connectivity index is 1.75. The molecule has 1 aliphatic rings. The molecule has 2 amide bonds. The van der Waals surface area contributed by atoms with Gasteiger partial charge >= 0.3 is 0 Å². The third kappa shape index (κ3) is 3.38. The van der Waals surface area contributed by atoms with Gasteiger partial charge < -0.3 is 4.57 Å². The molecule has 2 aromatic rings. The van der Waals surface area contributed by atoms with E-state index in [-0.39, 0.29) is 11.8 Å².